The quantitative estimate of drug-likeness (QED) is 0.439. The molecule has 0 aliphatic heterocycles. The van der Waals surface area contributed by atoms with Crippen LogP contribution in [0.3, 0.4) is 0 Å². The van der Waals surface area contributed by atoms with Crippen LogP contribution in [0.2, 0.25) is 5.02 Å². The van der Waals surface area contributed by atoms with E-state index in [0.29, 0.717) is 16.3 Å². The number of anilines is 1. The van der Waals surface area contributed by atoms with Crippen LogP contribution in [0, 0.1) is 17.0 Å². The van der Waals surface area contributed by atoms with Crippen molar-refractivity contribution in [3.8, 4) is 0 Å². The first-order valence-electron chi connectivity index (χ1n) is 6.75. The van der Waals surface area contributed by atoms with Gasteiger partial charge >= 0.3 is 0 Å². The molecular formula is C15H13ClN4O3S. The largest absolute Gasteiger partial charge is 0.331 e. The van der Waals surface area contributed by atoms with Crippen molar-refractivity contribution in [2.45, 2.75) is 6.92 Å². The van der Waals surface area contributed by atoms with Crippen LogP contribution in [0.15, 0.2) is 42.5 Å². The first kappa shape index (κ1) is 17.6. The molecule has 0 heterocycles. The number of nitrogens with one attached hydrogen (secondary N) is 3. The number of benzene rings is 2. The Balaban J connectivity index is 1.94. The van der Waals surface area contributed by atoms with Crippen molar-refractivity contribution < 1.29 is 9.72 Å². The van der Waals surface area contributed by atoms with E-state index in [1.807, 2.05) is 0 Å². The molecule has 0 unspecified atom stereocenters. The van der Waals surface area contributed by atoms with Crippen molar-refractivity contribution in [1.29, 1.82) is 0 Å². The van der Waals surface area contributed by atoms with Gasteiger partial charge in [0.1, 0.15) is 0 Å². The molecule has 7 nitrogen and oxygen atoms in total. The number of hydrazine groups is 1. The van der Waals surface area contributed by atoms with Gasteiger partial charge in [-0.3, -0.25) is 25.8 Å². The first-order chi connectivity index (χ1) is 11.4. The fraction of sp³-hybridized carbons (Fsp3) is 0.0667. The van der Waals surface area contributed by atoms with E-state index in [-0.39, 0.29) is 16.4 Å². The molecule has 0 saturated heterocycles. The highest BCUT2D eigenvalue weighted by Gasteiger charge is 2.13. The maximum absolute atomic E-state index is 12.0. The van der Waals surface area contributed by atoms with Gasteiger partial charge < -0.3 is 5.32 Å². The number of nitrogens with zero attached hydrogens (tertiary/aromatic N) is 1. The average Bonchev–Trinajstić information content (AvgIpc) is 2.52. The van der Waals surface area contributed by atoms with Crippen LogP contribution in [0.5, 0.6) is 0 Å². The highest BCUT2D eigenvalue weighted by Crippen LogP contribution is 2.18. The van der Waals surface area contributed by atoms with Gasteiger partial charge in [0.2, 0.25) is 0 Å². The molecule has 9 heteroatoms. The zero-order chi connectivity index (χ0) is 17.7. The summed E-state index contributed by atoms with van der Waals surface area (Å²) in [6, 6.07) is 11.0. The number of aryl methyl sites for hydroxylation is 1. The number of nitro benzene ring substituents is 1. The average molecular weight is 365 g/mol. The molecule has 0 spiro atoms. The number of nitro groups is 1. The van der Waals surface area contributed by atoms with E-state index in [4.69, 9.17) is 23.8 Å². The molecule has 3 N–H and O–H groups in total. The normalized spacial score (nSPS) is 9.92. The standard InChI is InChI=1S/C15H13ClN4O3S/c1-9-7-10(5-6-13(9)20(22)23)14(21)18-19-15(24)17-12-4-2-3-11(16)8-12/h2-8H,1H3,(H,18,21)(H2,17,19,24). The summed E-state index contributed by atoms with van der Waals surface area (Å²) in [5, 5.41) is 14.4. The summed E-state index contributed by atoms with van der Waals surface area (Å²) in [5.74, 6) is -0.469. The Bertz CT molecular complexity index is 813. The molecule has 0 radical (unpaired) electrons. The zero-order valence-electron chi connectivity index (χ0n) is 12.5. The van der Waals surface area contributed by atoms with Crippen molar-refractivity contribution in [1.82, 2.24) is 10.9 Å². The van der Waals surface area contributed by atoms with Gasteiger partial charge in [0, 0.05) is 27.9 Å². The van der Waals surface area contributed by atoms with E-state index in [2.05, 4.69) is 16.2 Å². The number of carbonyl (C=O) groups is 1. The van der Waals surface area contributed by atoms with Crippen LogP contribution in [-0.2, 0) is 0 Å². The van der Waals surface area contributed by atoms with Crippen LogP contribution >= 0.6 is 23.8 Å². The highest BCUT2D eigenvalue weighted by atomic mass is 35.5. The second kappa shape index (κ2) is 7.71. The third kappa shape index (κ3) is 4.64. The molecule has 0 atom stereocenters. The van der Waals surface area contributed by atoms with Gasteiger partial charge in [0.25, 0.3) is 11.6 Å². The van der Waals surface area contributed by atoms with E-state index >= 15 is 0 Å². The molecule has 124 valence electrons. The fourth-order valence-corrected chi connectivity index (χ4v) is 2.28. The van der Waals surface area contributed by atoms with Crippen LogP contribution in [-0.4, -0.2) is 15.9 Å². The molecule has 0 fully saturated rings. The summed E-state index contributed by atoms with van der Waals surface area (Å²) in [6.07, 6.45) is 0. The molecule has 0 aliphatic carbocycles. The minimum Gasteiger partial charge on any atom is -0.331 e. The molecule has 0 aliphatic rings. The van der Waals surface area contributed by atoms with Crippen molar-refractivity contribution in [2.24, 2.45) is 0 Å². The third-order valence-corrected chi connectivity index (χ3v) is 3.47. The Morgan fingerprint density at radius 3 is 2.58 bits per heavy atom. The SMILES string of the molecule is Cc1cc(C(=O)NNC(=S)Nc2cccc(Cl)c2)ccc1[N+](=O)[O-]. The van der Waals surface area contributed by atoms with Gasteiger partial charge in [-0.05, 0) is 49.5 Å². The topological polar surface area (TPSA) is 96.3 Å². The minimum atomic E-state index is -0.501. The van der Waals surface area contributed by atoms with Gasteiger partial charge in [-0.25, -0.2) is 0 Å². The predicted octanol–water partition coefficient (Wildman–Crippen LogP) is 3.19. The van der Waals surface area contributed by atoms with Gasteiger partial charge in [-0.1, -0.05) is 17.7 Å². The predicted molar refractivity (Wildman–Crippen MR) is 96.1 cm³/mol. The number of thiocarbonyl (C=S) groups is 1. The maximum atomic E-state index is 12.0. The number of hydrogen-bond donors (Lipinski definition) is 3. The van der Waals surface area contributed by atoms with Gasteiger partial charge in [-0.2, -0.15) is 0 Å². The van der Waals surface area contributed by atoms with Gasteiger partial charge in [0.15, 0.2) is 5.11 Å². The van der Waals surface area contributed by atoms with Crippen molar-refractivity contribution in [3.05, 3.63) is 68.7 Å². The number of carbonyl (C=O) groups excluding carboxylic acids is 1. The Hall–Kier alpha value is -2.71. The van der Waals surface area contributed by atoms with Crippen molar-refractivity contribution >= 4 is 46.2 Å². The summed E-state index contributed by atoms with van der Waals surface area (Å²) < 4.78 is 0. The molecule has 2 aromatic carbocycles. The summed E-state index contributed by atoms with van der Waals surface area (Å²) in [6.45, 7) is 1.56. The summed E-state index contributed by atoms with van der Waals surface area (Å²) in [5.41, 5.74) is 6.26. The van der Waals surface area contributed by atoms with E-state index in [1.54, 1.807) is 31.2 Å². The lowest BCUT2D eigenvalue weighted by Gasteiger charge is -2.12. The van der Waals surface area contributed by atoms with Gasteiger partial charge in [0.05, 0.1) is 4.92 Å². The monoisotopic (exact) mass is 364 g/mol. The van der Waals surface area contributed by atoms with Crippen LogP contribution < -0.4 is 16.2 Å². The van der Waals surface area contributed by atoms with Gasteiger partial charge in [-0.15, -0.1) is 0 Å². The first-order valence-corrected chi connectivity index (χ1v) is 7.53. The number of halogens is 1. The third-order valence-electron chi connectivity index (χ3n) is 3.03. The molecule has 0 saturated carbocycles. The molecule has 0 aromatic heterocycles. The van der Waals surface area contributed by atoms with E-state index in [0.717, 1.165) is 0 Å². The lowest BCUT2D eigenvalue weighted by atomic mass is 10.1. The molecule has 1 amide bonds. The van der Waals surface area contributed by atoms with E-state index in [9.17, 15) is 14.9 Å². The smallest absolute Gasteiger partial charge is 0.272 e. The fourth-order valence-electron chi connectivity index (χ4n) is 1.92. The molecular weight excluding hydrogens is 352 g/mol. The van der Waals surface area contributed by atoms with Crippen molar-refractivity contribution in [3.63, 3.8) is 0 Å². The second-order valence-corrected chi connectivity index (χ2v) is 5.65. The van der Waals surface area contributed by atoms with Crippen LogP contribution in [0.4, 0.5) is 11.4 Å². The number of hydrogen-bond acceptors (Lipinski definition) is 4. The highest BCUT2D eigenvalue weighted by molar-refractivity contribution is 7.80. The zero-order valence-corrected chi connectivity index (χ0v) is 14.1. The molecule has 0 bridgehead atoms. The Kier molecular flexibility index (Phi) is 5.67. The number of rotatable bonds is 3. The van der Waals surface area contributed by atoms with E-state index < -0.39 is 10.8 Å². The van der Waals surface area contributed by atoms with Crippen LogP contribution in [0.1, 0.15) is 15.9 Å². The lowest BCUT2D eigenvalue weighted by molar-refractivity contribution is -0.385. The van der Waals surface area contributed by atoms with Crippen LogP contribution in [0.25, 0.3) is 0 Å². The molecule has 2 rings (SSSR count). The van der Waals surface area contributed by atoms with Crippen molar-refractivity contribution in [2.75, 3.05) is 5.32 Å². The minimum absolute atomic E-state index is 0.0438. The lowest BCUT2D eigenvalue weighted by Crippen LogP contribution is -2.43. The number of amides is 1. The Labute approximate surface area is 148 Å². The summed E-state index contributed by atoms with van der Waals surface area (Å²) in [4.78, 5) is 22.3. The molecule has 2 aromatic rings. The summed E-state index contributed by atoms with van der Waals surface area (Å²) >= 11 is 10.9. The Morgan fingerprint density at radius 2 is 1.96 bits per heavy atom. The van der Waals surface area contributed by atoms with E-state index in [1.165, 1.54) is 18.2 Å². The Morgan fingerprint density at radius 1 is 1.21 bits per heavy atom. The summed E-state index contributed by atoms with van der Waals surface area (Å²) in [7, 11) is 0. The molecule has 24 heavy (non-hydrogen) atoms. The second-order valence-electron chi connectivity index (χ2n) is 4.80. The maximum Gasteiger partial charge on any atom is 0.272 e.